The zero-order valence-electron chi connectivity index (χ0n) is 14.3. The molecule has 0 radical (unpaired) electrons. The van der Waals surface area contributed by atoms with Crippen LogP contribution in [0.15, 0.2) is 49.0 Å². The number of carbonyl (C=O) groups is 2. The zero-order chi connectivity index (χ0) is 18.8. The highest BCUT2D eigenvalue weighted by molar-refractivity contribution is 6.31. The molecule has 0 fully saturated rings. The third-order valence-electron chi connectivity index (χ3n) is 4.47. The van der Waals surface area contributed by atoms with E-state index in [0.29, 0.717) is 11.3 Å². The van der Waals surface area contributed by atoms with Crippen LogP contribution >= 0.6 is 11.6 Å². The highest BCUT2D eigenvalue weighted by Gasteiger charge is 2.30. The van der Waals surface area contributed by atoms with E-state index in [-0.39, 0.29) is 41.9 Å². The highest BCUT2D eigenvalue weighted by Crippen LogP contribution is 2.31. The molecule has 2 aromatic carbocycles. The van der Waals surface area contributed by atoms with E-state index < -0.39 is 5.82 Å². The summed E-state index contributed by atoms with van der Waals surface area (Å²) in [6, 6.07) is 11.6. The average molecular weight is 373 g/mol. The van der Waals surface area contributed by atoms with Crippen LogP contribution in [0.2, 0.25) is 5.02 Å². The average Bonchev–Trinajstić information content (AvgIpc) is 2.87. The van der Waals surface area contributed by atoms with Gasteiger partial charge in [0.25, 0.3) is 5.91 Å². The third-order valence-corrected chi connectivity index (χ3v) is 4.83. The first kappa shape index (κ1) is 18.1. The second kappa shape index (κ2) is 7.30. The van der Waals surface area contributed by atoms with Crippen molar-refractivity contribution in [1.82, 2.24) is 9.80 Å². The van der Waals surface area contributed by atoms with Gasteiger partial charge in [-0.1, -0.05) is 42.4 Å². The van der Waals surface area contributed by atoms with Crippen LogP contribution in [0.25, 0.3) is 5.70 Å². The zero-order valence-corrected chi connectivity index (χ0v) is 15.1. The Morgan fingerprint density at radius 2 is 1.88 bits per heavy atom. The summed E-state index contributed by atoms with van der Waals surface area (Å²) in [5.41, 5.74) is 2.25. The molecule has 0 atom stereocenters. The Morgan fingerprint density at radius 3 is 2.54 bits per heavy atom. The summed E-state index contributed by atoms with van der Waals surface area (Å²) in [6.07, 6.45) is 0.112. The Labute approximate surface area is 156 Å². The first-order valence-electron chi connectivity index (χ1n) is 8.17. The van der Waals surface area contributed by atoms with Crippen molar-refractivity contribution < 1.29 is 14.0 Å². The fourth-order valence-electron chi connectivity index (χ4n) is 2.98. The molecule has 0 saturated carbocycles. The summed E-state index contributed by atoms with van der Waals surface area (Å²) < 4.78 is 13.9. The summed E-state index contributed by atoms with van der Waals surface area (Å²) in [5, 5.41) is 0.281. The minimum absolute atomic E-state index is 0.0689. The van der Waals surface area contributed by atoms with Gasteiger partial charge in [0.2, 0.25) is 5.91 Å². The minimum Gasteiger partial charge on any atom is -0.341 e. The molecule has 2 aromatic rings. The van der Waals surface area contributed by atoms with Gasteiger partial charge < -0.3 is 9.80 Å². The van der Waals surface area contributed by atoms with Crippen LogP contribution in [-0.2, 0) is 11.3 Å². The fourth-order valence-corrected chi connectivity index (χ4v) is 3.20. The normalized spacial score (nSPS) is 13.1. The number of halogens is 2. The van der Waals surface area contributed by atoms with Crippen molar-refractivity contribution in [2.45, 2.75) is 13.0 Å². The molecule has 0 saturated heterocycles. The number of hydrogen-bond acceptors (Lipinski definition) is 2. The second-order valence-corrected chi connectivity index (χ2v) is 6.56. The third kappa shape index (κ3) is 3.35. The van der Waals surface area contributed by atoms with Crippen LogP contribution in [0.3, 0.4) is 0 Å². The molecule has 6 heteroatoms. The van der Waals surface area contributed by atoms with Crippen LogP contribution in [-0.4, -0.2) is 35.2 Å². The van der Waals surface area contributed by atoms with Crippen molar-refractivity contribution in [2.75, 3.05) is 13.6 Å². The molecule has 0 aliphatic carbocycles. The van der Waals surface area contributed by atoms with Crippen molar-refractivity contribution in [3.63, 3.8) is 0 Å². The van der Waals surface area contributed by atoms with Crippen LogP contribution in [0.5, 0.6) is 0 Å². The Morgan fingerprint density at radius 1 is 1.19 bits per heavy atom. The lowest BCUT2D eigenvalue weighted by molar-refractivity contribution is -0.130. The van der Waals surface area contributed by atoms with Gasteiger partial charge in [0.1, 0.15) is 5.82 Å². The number of nitrogens with zero attached hydrogens (tertiary/aromatic N) is 2. The molecule has 1 heterocycles. The largest absolute Gasteiger partial charge is 0.341 e. The number of carbonyl (C=O) groups excluding carboxylic acids is 2. The fraction of sp³-hybridized carbons (Fsp3) is 0.200. The van der Waals surface area contributed by atoms with E-state index in [9.17, 15) is 14.0 Å². The first-order valence-corrected chi connectivity index (χ1v) is 8.55. The quantitative estimate of drug-likeness (QED) is 0.797. The molecule has 134 valence electrons. The van der Waals surface area contributed by atoms with Crippen molar-refractivity contribution in [3.05, 3.63) is 76.6 Å². The van der Waals surface area contributed by atoms with Gasteiger partial charge in [0, 0.05) is 54.0 Å². The summed E-state index contributed by atoms with van der Waals surface area (Å²) in [7, 11) is 1.58. The summed E-state index contributed by atoms with van der Waals surface area (Å²) in [5.74, 6) is -0.810. The minimum atomic E-state index is -0.448. The number of amides is 2. The van der Waals surface area contributed by atoms with E-state index in [0.717, 1.165) is 5.56 Å². The van der Waals surface area contributed by atoms with Gasteiger partial charge in [-0.2, -0.15) is 0 Å². The van der Waals surface area contributed by atoms with Crippen LogP contribution in [0, 0.1) is 5.82 Å². The van der Waals surface area contributed by atoms with E-state index in [1.54, 1.807) is 25.2 Å². The van der Waals surface area contributed by atoms with Crippen molar-refractivity contribution in [3.8, 4) is 0 Å². The molecule has 26 heavy (non-hydrogen) atoms. The molecule has 4 nitrogen and oxygen atoms in total. The van der Waals surface area contributed by atoms with Gasteiger partial charge in [-0.05, 0) is 18.2 Å². The molecule has 1 aliphatic heterocycles. The lowest BCUT2D eigenvalue weighted by Crippen LogP contribution is -2.32. The summed E-state index contributed by atoms with van der Waals surface area (Å²) in [6.45, 7) is 4.25. The molecule has 2 amide bonds. The lowest BCUT2D eigenvalue weighted by Gasteiger charge is -2.21. The Bertz CT molecular complexity index is 842. The molecule has 0 N–H and O–H groups in total. The number of fused-ring (bicyclic) bond motifs is 1. The Hall–Kier alpha value is -2.66. The van der Waals surface area contributed by atoms with Gasteiger partial charge in [0.15, 0.2) is 0 Å². The predicted octanol–water partition coefficient (Wildman–Crippen LogP) is 3.95. The van der Waals surface area contributed by atoms with Crippen molar-refractivity contribution >= 4 is 29.1 Å². The van der Waals surface area contributed by atoms with E-state index in [2.05, 4.69) is 6.58 Å². The van der Waals surface area contributed by atoms with Gasteiger partial charge in [-0.15, -0.1) is 0 Å². The smallest absolute Gasteiger partial charge is 0.258 e. The number of hydrogen-bond donors (Lipinski definition) is 0. The summed E-state index contributed by atoms with van der Waals surface area (Å²) in [4.78, 5) is 27.8. The van der Waals surface area contributed by atoms with E-state index in [1.807, 2.05) is 12.1 Å². The standard InChI is InChI=1S/C20H18ClFN2O2/c1-13-14-6-3-4-7-15(14)20(26)24(13)11-10-19(25)23(2)12-16-17(21)8-5-9-18(16)22/h3-9H,1,10-12H2,2H3. The maximum atomic E-state index is 13.9. The van der Waals surface area contributed by atoms with Gasteiger partial charge in [-0.25, -0.2) is 4.39 Å². The van der Waals surface area contributed by atoms with E-state index >= 15 is 0 Å². The van der Waals surface area contributed by atoms with Gasteiger partial charge >= 0.3 is 0 Å². The topological polar surface area (TPSA) is 40.6 Å². The molecule has 0 spiro atoms. The molecule has 0 aromatic heterocycles. The first-order chi connectivity index (χ1) is 12.4. The molecule has 0 unspecified atom stereocenters. The molecular weight excluding hydrogens is 355 g/mol. The highest BCUT2D eigenvalue weighted by atomic mass is 35.5. The van der Waals surface area contributed by atoms with Crippen LogP contribution in [0.4, 0.5) is 4.39 Å². The second-order valence-electron chi connectivity index (χ2n) is 6.15. The Balaban J connectivity index is 1.63. The predicted molar refractivity (Wildman–Crippen MR) is 99.0 cm³/mol. The molecule has 3 rings (SSSR count). The maximum Gasteiger partial charge on any atom is 0.258 e. The van der Waals surface area contributed by atoms with Gasteiger partial charge in [0.05, 0.1) is 0 Å². The van der Waals surface area contributed by atoms with E-state index in [1.165, 1.54) is 21.9 Å². The monoisotopic (exact) mass is 372 g/mol. The summed E-state index contributed by atoms with van der Waals surface area (Å²) >= 11 is 6.01. The van der Waals surface area contributed by atoms with Crippen molar-refractivity contribution in [2.24, 2.45) is 0 Å². The SMILES string of the molecule is C=C1c2ccccc2C(=O)N1CCC(=O)N(C)Cc1c(F)cccc1Cl. The van der Waals surface area contributed by atoms with Gasteiger partial charge in [-0.3, -0.25) is 9.59 Å². The Kier molecular flexibility index (Phi) is 5.09. The maximum absolute atomic E-state index is 13.9. The molecule has 1 aliphatic rings. The van der Waals surface area contributed by atoms with Crippen LogP contribution < -0.4 is 0 Å². The van der Waals surface area contributed by atoms with Crippen molar-refractivity contribution in [1.29, 1.82) is 0 Å². The van der Waals surface area contributed by atoms with Crippen LogP contribution in [0.1, 0.15) is 27.9 Å². The van der Waals surface area contributed by atoms with E-state index in [4.69, 9.17) is 11.6 Å². The lowest BCUT2D eigenvalue weighted by atomic mass is 10.1. The molecular formula is C20H18ClFN2O2. The molecule has 0 bridgehead atoms. The number of benzene rings is 2. The number of rotatable bonds is 5.